The van der Waals surface area contributed by atoms with Crippen molar-refractivity contribution in [2.45, 2.75) is 45.6 Å². The second kappa shape index (κ2) is 2.54. The van der Waals surface area contributed by atoms with Crippen LogP contribution >= 0.6 is 0 Å². The fraction of sp³-hybridized carbons (Fsp3) is 1.00. The van der Waals surface area contributed by atoms with Gasteiger partial charge in [-0.2, -0.15) is 0 Å². The lowest BCUT2D eigenvalue weighted by atomic mass is 9.67. The van der Waals surface area contributed by atoms with Crippen molar-refractivity contribution in [3.05, 3.63) is 0 Å². The monoisotopic (exact) mass is 141 g/mol. The first-order chi connectivity index (χ1) is 4.49. The minimum absolute atomic E-state index is 0.180. The molecule has 0 unspecified atom stereocenters. The van der Waals surface area contributed by atoms with Crippen LogP contribution in [0.4, 0.5) is 0 Å². The molecule has 1 aliphatic carbocycles. The summed E-state index contributed by atoms with van der Waals surface area (Å²) in [5, 5.41) is 0. The van der Waals surface area contributed by atoms with Gasteiger partial charge in [-0.05, 0) is 38.0 Å². The van der Waals surface area contributed by atoms with E-state index >= 15 is 0 Å². The largest absolute Gasteiger partial charge is 0.325 e. The molecule has 60 valence electrons. The molecule has 10 heavy (non-hydrogen) atoms. The Morgan fingerprint density at radius 3 is 2.30 bits per heavy atom. The molecule has 0 aliphatic heterocycles. The molecular formula is C9H19N. The molecule has 0 bridgehead atoms. The van der Waals surface area contributed by atoms with Gasteiger partial charge in [-0.3, -0.25) is 0 Å². The lowest BCUT2D eigenvalue weighted by Crippen LogP contribution is -2.49. The Bertz CT molecular complexity index is 105. The predicted octanol–water partition coefficient (Wildman–Crippen LogP) is 2.16. The zero-order chi connectivity index (χ0) is 7.78. The standard InChI is InChI=1S/C9H19N/c1-7(2)4-8-5-9(3,10)6-8/h7-8H,4-6,10H2,1-3H3. The molecule has 1 aliphatic rings. The highest BCUT2D eigenvalue weighted by Gasteiger charge is 2.36. The number of hydrogen-bond donors (Lipinski definition) is 1. The van der Waals surface area contributed by atoms with Gasteiger partial charge in [-0.25, -0.2) is 0 Å². The average molecular weight is 141 g/mol. The smallest absolute Gasteiger partial charge is 0.0131 e. The second-order valence-corrected chi connectivity index (χ2v) is 4.56. The summed E-state index contributed by atoms with van der Waals surface area (Å²) in [4.78, 5) is 0. The van der Waals surface area contributed by atoms with Crippen LogP contribution in [0.25, 0.3) is 0 Å². The van der Waals surface area contributed by atoms with E-state index in [4.69, 9.17) is 5.73 Å². The Balaban J connectivity index is 2.15. The van der Waals surface area contributed by atoms with Crippen LogP contribution in [0.5, 0.6) is 0 Å². The van der Waals surface area contributed by atoms with Crippen molar-refractivity contribution in [3.63, 3.8) is 0 Å². The van der Waals surface area contributed by atoms with E-state index in [9.17, 15) is 0 Å². The van der Waals surface area contributed by atoms with Crippen molar-refractivity contribution < 1.29 is 0 Å². The van der Waals surface area contributed by atoms with E-state index in [0.29, 0.717) is 0 Å². The van der Waals surface area contributed by atoms with Gasteiger partial charge in [0.05, 0.1) is 0 Å². The van der Waals surface area contributed by atoms with Crippen LogP contribution in [0.3, 0.4) is 0 Å². The van der Waals surface area contributed by atoms with Crippen molar-refractivity contribution in [3.8, 4) is 0 Å². The molecule has 0 atom stereocenters. The normalized spacial score (nSPS) is 39.9. The Hall–Kier alpha value is -0.0400. The van der Waals surface area contributed by atoms with E-state index in [0.717, 1.165) is 11.8 Å². The highest BCUT2D eigenvalue weighted by Crippen LogP contribution is 2.38. The van der Waals surface area contributed by atoms with Crippen LogP contribution in [-0.4, -0.2) is 5.54 Å². The summed E-state index contributed by atoms with van der Waals surface area (Å²) in [5.74, 6) is 1.77. The molecule has 1 heteroatoms. The first kappa shape index (κ1) is 8.06. The Morgan fingerprint density at radius 1 is 1.50 bits per heavy atom. The number of nitrogens with two attached hydrogens (primary N) is 1. The summed E-state index contributed by atoms with van der Waals surface area (Å²) in [5.41, 5.74) is 6.07. The fourth-order valence-corrected chi connectivity index (χ4v) is 2.09. The maximum absolute atomic E-state index is 5.89. The van der Waals surface area contributed by atoms with Crippen LogP contribution in [0.1, 0.15) is 40.0 Å². The maximum Gasteiger partial charge on any atom is 0.0131 e. The fourth-order valence-electron chi connectivity index (χ4n) is 2.09. The zero-order valence-corrected chi connectivity index (χ0v) is 7.35. The van der Waals surface area contributed by atoms with E-state index in [2.05, 4.69) is 20.8 Å². The topological polar surface area (TPSA) is 26.0 Å². The van der Waals surface area contributed by atoms with Crippen LogP contribution in [-0.2, 0) is 0 Å². The van der Waals surface area contributed by atoms with Gasteiger partial charge in [0.2, 0.25) is 0 Å². The van der Waals surface area contributed by atoms with Gasteiger partial charge in [0.1, 0.15) is 0 Å². The van der Waals surface area contributed by atoms with Crippen molar-refractivity contribution in [2.75, 3.05) is 0 Å². The third-order valence-corrected chi connectivity index (χ3v) is 2.31. The molecule has 1 nitrogen and oxygen atoms in total. The Labute approximate surface area is 64.0 Å². The summed E-state index contributed by atoms with van der Waals surface area (Å²) in [6.45, 7) is 6.72. The van der Waals surface area contributed by atoms with Crippen LogP contribution < -0.4 is 5.73 Å². The molecule has 0 radical (unpaired) electrons. The molecule has 1 saturated carbocycles. The first-order valence-electron chi connectivity index (χ1n) is 4.28. The third kappa shape index (κ3) is 1.98. The van der Waals surface area contributed by atoms with E-state index in [1.807, 2.05) is 0 Å². The van der Waals surface area contributed by atoms with Gasteiger partial charge in [-0.1, -0.05) is 13.8 Å². The summed E-state index contributed by atoms with van der Waals surface area (Å²) in [7, 11) is 0. The van der Waals surface area contributed by atoms with Gasteiger partial charge in [0.25, 0.3) is 0 Å². The molecule has 0 saturated heterocycles. The van der Waals surface area contributed by atoms with Crippen LogP contribution in [0, 0.1) is 11.8 Å². The van der Waals surface area contributed by atoms with Crippen LogP contribution in [0.2, 0.25) is 0 Å². The van der Waals surface area contributed by atoms with E-state index in [1.54, 1.807) is 0 Å². The van der Waals surface area contributed by atoms with Crippen LogP contribution in [0.15, 0.2) is 0 Å². The molecule has 0 amide bonds. The maximum atomic E-state index is 5.89. The number of hydrogen-bond acceptors (Lipinski definition) is 1. The number of rotatable bonds is 2. The Morgan fingerprint density at radius 2 is 2.00 bits per heavy atom. The highest BCUT2D eigenvalue weighted by atomic mass is 14.8. The summed E-state index contributed by atoms with van der Waals surface area (Å²) in [6, 6.07) is 0. The van der Waals surface area contributed by atoms with Crippen molar-refractivity contribution in [1.29, 1.82) is 0 Å². The minimum atomic E-state index is 0.180. The highest BCUT2D eigenvalue weighted by molar-refractivity contribution is 4.94. The molecule has 0 aromatic rings. The van der Waals surface area contributed by atoms with Gasteiger partial charge < -0.3 is 5.73 Å². The van der Waals surface area contributed by atoms with E-state index in [-0.39, 0.29) is 5.54 Å². The lowest BCUT2D eigenvalue weighted by Gasteiger charge is -2.43. The molecule has 0 aromatic carbocycles. The van der Waals surface area contributed by atoms with Gasteiger partial charge in [0, 0.05) is 5.54 Å². The predicted molar refractivity (Wildman–Crippen MR) is 44.8 cm³/mol. The van der Waals surface area contributed by atoms with Crippen molar-refractivity contribution in [2.24, 2.45) is 17.6 Å². The molecular weight excluding hydrogens is 122 g/mol. The summed E-state index contributed by atoms with van der Waals surface area (Å²) in [6.07, 6.45) is 3.85. The first-order valence-corrected chi connectivity index (χ1v) is 4.28. The molecule has 2 N–H and O–H groups in total. The molecule has 0 spiro atoms. The summed E-state index contributed by atoms with van der Waals surface area (Å²) < 4.78 is 0. The Kier molecular flexibility index (Phi) is 2.04. The molecule has 0 heterocycles. The summed E-state index contributed by atoms with van der Waals surface area (Å²) >= 11 is 0. The van der Waals surface area contributed by atoms with Crippen molar-refractivity contribution >= 4 is 0 Å². The lowest BCUT2D eigenvalue weighted by molar-refractivity contribution is 0.143. The molecule has 1 rings (SSSR count). The van der Waals surface area contributed by atoms with E-state index < -0.39 is 0 Å². The van der Waals surface area contributed by atoms with Gasteiger partial charge >= 0.3 is 0 Å². The zero-order valence-electron chi connectivity index (χ0n) is 7.35. The average Bonchev–Trinajstić information content (AvgIpc) is 1.57. The molecule has 1 fully saturated rings. The molecule has 0 aromatic heterocycles. The minimum Gasteiger partial charge on any atom is -0.325 e. The second-order valence-electron chi connectivity index (χ2n) is 4.56. The quantitative estimate of drug-likeness (QED) is 0.626. The van der Waals surface area contributed by atoms with E-state index in [1.165, 1.54) is 19.3 Å². The van der Waals surface area contributed by atoms with Crippen molar-refractivity contribution in [1.82, 2.24) is 0 Å². The SMILES string of the molecule is CC(C)CC1CC(C)(N)C1. The van der Waals surface area contributed by atoms with Gasteiger partial charge in [0.15, 0.2) is 0 Å². The third-order valence-electron chi connectivity index (χ3n) is 2.31. The van der Waals surface area contributed by atoms with Gasteiger partial charge in [-0.15, -0.1) is 0 Å².